The predicted molar refractivity (Wildman–Crippen MR) is 76.1 cm³/mol. The van der Waals surface area contributed by atoms with Crippen molar-refractivity contribution in [2.24, 2.45) is 5.73 Å². The van der Waals surface area contributed by atoms with Crippen LogP contribution in [0.15, 0.2) is 36.5 Å². The summed E-state index contributed by atoms with van der Waals surface area (Å²) in [5.74, 6) is 0.481. The van der Waals surface area contributed by atoms with Gasteiger partial charge in [0.1, 0.15) is 0 Å². The van der Waals surface area contributed by atoms with Gasteiger partial charge in [-0.2, -0.15) is 0 Å². The zero-order valence-electron chi connectivity index (χ0n) is 11.2. The van der Waals surface area contributed by atoms with E-state index in [1.807, 2.05) is 13.0 Å². The lowest BCUT2D eigenvalue weighted by atomic mass is 10.1. The summed E-state index contributed by atoms with van der Waals surface area (Å²) in [7, 11) is 0. The van der Waals surface area contributed by atoms with Crippen LogP contribution in [0.4, 0.5) is 5.69 Å². The number of non-ortho nitro benzene ring substituents is 1. The largest absolute Gasteiger partial charge is 0.327 e. The number of nitro benzene ring substituents is 1. The second kappa shape index (κ2) is 6.21. The van der Waals surface area contributed by atoms with Gasteiger partial charge < -0.3 is 5.73 Å². The van der Waals surface area contributed by atoms with Crippen LogP contribution in [-0.2, 0) is 6.42 Å². The van der Waals surface area contributed by atoms with Crippen LogP contribution in [0.3, 0.4) is 0 Å². The Hall–Kier alpha value is -2.34. The molecule has 1 aromatic carbocycles. The predicted octanol–water partition coefficient (Wildman–Crippen LogP) is 2.33. The minimum Gasteiger partial charge on any atom is -0.327 e. The second-order valence-electron chi connectivity index (χ2n) is 4.55. The number of nitrogens with two attached hydrogens (primary N) is 1. The van der Waals surface area contributed by atoms with E-state index in [2.05, 4.69) is 9.97 Å². The molecule has 6 nitrogen and oxygen atoms in total. The van der Waals surface area contributed by atoms with Crippen molar-refractivity contribution < 1.29 is 4.92 Å². The molecule has 20 heavy (non-hydrogen) atoms. The highest BCUT2D eigenvalue weighted by Crippen LogP contribution is 2.20. The van der Waals surface area contributed by atoms with Gasteiger partial charge in [0.2, 0.25) is 0 Å². The Balaban J connectivity index is 2.31. The van der Waals surface area contributed by atoms with Crippen molar-refractivity contribution in [3.05, 3.63) is 52.3 Å². The van der Waals surface area contributed by atoms with Crippen LogP contribution in [0, 0.1) is 10.1 Å². The zero-order chi connectivity index (χ0) is 14.5. The maximum atomic E-state index is 10.8. The molecular formula is C14H16N4O2. The average Bonchev–Trinajstić information content (AvgIpc) is 2.47. The molecule has 0 radical (unpaired) electrons. The number of benzene rings is 1. The highest BCUT2D eigenvalue weighted by Gasteiger charge is 2.10. The van der Waals surface area contributed by atoms with E-state index in [0.717, 1.165) is 12.1 Å². The van der Waals surface area contributed by atoms with Crippen LogP contribution >= 0.6 is 0 Å². The molecule has 0 saturated carbocycles. The Kier molecular flexibility index (Phi) is 4.37. The normalized spacial score (nSPS) is 12.1. The molecule has 0 amide bonds. The van der Waals surface area contributed by atoms with Gasteiger partial charge in [-0.1, -0.05) is 19.1 Å². The van der Waals surface area contributed by atoms with Gasteiger partial charge in [0, 0.05) is 42.0 Å². The molecule has 6 heteroatoms. The molecule has 2 N–H and O–H groups in total. The molecule has 0 aliphatic rings. The molecule has 0 aliphatic heterocycles. The van der Waals surface area contributed by atoms with Crippen molar-refractivity contribution in [1.29, 1.82) is 0 Å². The molecule has 0 fully saturated rings. The molecule has 1 unspecified atom stereocenters. The highest BCUT2D eigenvalue weighted by atomic mass is 16.6. The molecule has 0 spiro atoms. The lowest BCUT2D eigenvalue weighted by Crippen LogP contribution is -2.22. The van der Waals surface area contributed by atoms with Gasteiger partial charge in [-0.25, -0.2) is 9.97 Å². The Bertz CT molecular complexity index is 616. The molecule has 0 bridgehead atoms. The van der Waals surface area contributed by atoms with Crippen molar-refractivity contribution in [3.63, 3.8) is 0 Å². The van der Waals surface area contributed by atoms with Crippen molar-refractivity contribution >= 4 is 5.69 Å². The molecule has 104 valence electrons. The first-order valence-electron chi connectivity index (χ1n) is 6.42. The van der Waals surface area contributed by atoms with Crippen molar-refractivity contribution in [3.8, 4) is 11.4 Å². The van der Waals surface area contributed by atoms with Gasteiger partial charge in [-0.15, -0.1) is 0 Å². The number of hydrogen-bond acceptors (Lipinski definition) is 5. The summed E-state index contributed by atoms with van der Waals surface area (Å²) in [4.78, 5) is 18.9. The first-order valence-corrected chi connectivity index (χ1v) is 6.42. The van der Waals surface area contributed by atoms with Crippen LogP contribution < -0.4 is 5.73 Å². The van der Waals surface area contributed by atoms with E-state index >= 15 is 0 Å². The summed E-state index contributed by atoms with van der Waals surface area (Å²) in [5, 5.41) is 10.8. The average molecular weight is 272 g/mol. The third kappa shape index (κ3) is 3.36. The molecule has 2 aromatic rings. The monoisotopic (exact) mass is 272 g/mol. The van der Waals surface area contributed by atoms with E-state index in [-0.39, 0.29) is 11.7 Å². The first kappa shape index (κ1) is 14.1. The maximum absolute atomic E-state index is 10.8. The van der Waals surface area contributed by atoms with Crippen molar-refractivity contribution in [2.75, 3.05) is 0 Å². The Morgan fingerprint density at radius 3 is 2.90 bits per heavy atom. The van der Waals surface area contributed by atoms with Crippen LogP contribution in [-0.4, -0.2) is 20.9 Å². The quantitative estimate of drug-likeness (QED) is 0.665. The number of nitrogens with zero attached hydrogens (tertiary/aromatic N) is 3. The second-order valence-corrected chi connectivity index (χ2v) is 4.55. The third-order valence-corrected chi connectivity index (χ3v) is 3.02. The van der Waals surface area contributed by atoms with Gasteiger partial charge in [-0.3, -0.25) is 10.1 Å². The van der Waals surface area contributed by atoms with Gasteiger partial charge in [0.15, 0.2) is 5.82 Å². The smallest absolute Gasteiger partial charge is 0.270 e. The van der Waals surface area contributed by atoms with Crippen molar-refractivity contribution in [2.45, 2.75) is 25.8 Å². The van der Waals surface area contributed by atoms with Gasteiger partial charge in [0.25, 0.3) is 5.69 Å². The van der Waals surface area contributed by atoms with E-state index in [9.17, 15) is 10.1 Å². The molecule has 0 saturated heterocycles. The van der Waals surface area contributed by atoms with Crippen LogP contribution in [0.25, 0.3) is 11.4 Å². The van der Waals surface area contributed by atoms with Gasteiger partial charge in [-0.05, 0) is 12.5 Å². The summed E-state index contributed by atoms with van der Waals surface area (Å²) < 4.78 is 0. The summed E-state index contributed by atoms with van der Waals surface area (Å²) in [6.45, 7) is 2.02. The maximum Gasteiger partial charge on any atom is 0.270 e. The summed E-state index contributed by atoms with van der Waals surface area (Å²) >= 11 is 0. The van der Waals surface area contributed by atoms with Crippen LogP contribution in [0.2, 0.25) is 0 Å². The summed E-state index contributed by atoms with van der Waals surface area (Å²) in [6, 6.07) is 8.17. The van der Waals surface area contributed by atoms with E-state index in [0.29, 0.717) is 17.8 Å². The fourth-order valence-corrected chi connectivity index (χ4v) is 1.82. The fourth-order valence-electron chi connectivity index (χ4n) is 1.82. The van der Waals surface area contributed by atoms with Crippen LogP contribution in [0.5, 0.6) is 0 Å². The number of aromatic nitrogens is 2. The highest BCUT2D eigenvalue weighted by molar-refractivity contribution is 5.58. The summed E-state index contributed by atoms with van der Waals surface area (Å²) in [6.07, 6.45) is 3.19. The molecule has 1 atom stereocenters. The van der Waals surface area contributed by atoms with E-state index in [1.165, 1.54) is 12.1 Å². The lowest BCUT2D eigenvalue weighted by Gasteiger charge is -2.08. The summed E-state index contributed by atoms with van der Waals surface area (Å²) in [5.41, 5.74) is 7.41. The number of hydrogen-bond donors (Lipinski definition) is 1. The number of rotatable bonds is 5. The Labute approximate surface area is 116 Å². The fraction of sp³-hybridized carbons (Fsp3) is 0.286. The lowest BCUT2D eigenvalue weighted by molar-refractivity contribution is -0.384. The topological polar surface area (TPSA) is 94.9 Å². The Morgan fingerprint density at radius 1 is 1.40 bits per heavy atom. The zero-order valence-corrected chi connectivity index (χ0v) is 11.2. The van der Waals surface area contributed by atoms with E-state index in [1.54, 1.807) is 18.3 Å². The molecule has 2 rings (SSSR count). The Morgan fingerprint density at radius 2 is 2.20 bits per heavy atom. The minimum absolute atomic E-state index is 0.0294. The minimum atomic E-state index is -0.430. The van der Waals surface area contributed by atoms with Crippen LogP contribution in [0.1, 0.15) is 19.0 Å². The molecular weight excluding hydrogens is 256 g/mol. The molecule has 0 aliphatic carbocycles. The van der Waals surface area contributed by atoms with Gasteiger partial charge >= 0.3 is 0 Å². The first-order chi connectivity index (χ1) is 9.60. The molecule has 1 heterocycles. The number of nitro groups is 1. The molecule has 1 aromatic heterocycles. The van der Waals surface area contributed by atoms with E-state index in [4.69, 9.17) is 5.73 Å². The SMILES string of the molecule is CCC(N)Cc1ccnc(-c2cccc([N+](=O)[O-])c2)n1. The third-order valence-electron chi connectivity index (χ3n) is 3.02. The van der Waals surface area contributed by atoms with E-state index < -0.39 is 4.92 Å². The van der Waals surface area contributed by atoms with Gasteiger partial charge in [0.05, 0.1) is 4.92 Å². The van der Waals surface area contributed by atoms with Crippen molar-refractivity contribution in [1.82, 2.24) is 9.97 Å². The standard InChI is InChI=1S/C14H16N4O2/c1-2-11(15)9-12-6-7-16-14(17-12)10-4-3-5-13(8-10)18(19)20/h3-8,11H,2,9,15H2,1H3.